The summed E-state index contributed by atoms with van der Waals surface area (Å²) >= 11 is 4.24. The number of ether oxygens (including phenoxy) is 1. The maximum Gasteiger partial charge on any atom is 0.293 e. The van der Waals surface area contributed by atoms with Crippen molar-refractivity contribution in [2.45, 2.75) is 13.3 Å². The lowest BCUT2D eigenvalue weighted by atomic mass is 10.2. The molecule has 0 atom stereocenters. The van der Waals surface area contributed by atoms with Crippen molar-refractivity contribution >= 4 is 44.9 Å². The second-order valence-electron chi connectivity index (χ2n) is 4.38. The molecule has 0 bridgehead atoms. The number of hydrogen-bond acceptors (Lipinski definition) is 5. The van der Waals surface area contributed by atoms with Gasteiger partial charge < -0.3 is 9.84 Å². The molecule has 1 N–H and O–H groups in total. The van der Waals surface area contributed by atoms with Gasteiger partial charge in [-0.2, -0.15) is 0 Å². The zero-order valence-electron chi connectivity index (χ0n) is 11.6. The minimum Gasteiger partial charge on any atom is -0.504 e. The smallest absolute Gasteiger partial charge is 0.293 e. The number of phenolic OH excluding ortho intramolecular Hbond substituents is 1. The normalized spacial score (nSPS) is 16.9. The Hall–Kier alpha value is -1.47. The van der Waals surface area contributed by atoms with Crippen molar-refractivity contribution < 1.29 is 19.4 Å². The van der Waals surface area contributed by atoms with E-state index in [4.69, 9.17) is 4.74 Å². The predicted molar refractivity (Wildman–Crippen MR) is 85.3 cm³/mol. The third-order valence-corrected chi connectivity index (χ3v) is 4.50. The Morgan fingerprint density at radius 2 is 2.14 bits per heavy atom. The third-order valence-electron chi connectivity index (χ3n) is 2.91. The van der Waals surface area contributed by atoms with Crippen LogP contribution in [0.2, 0.25) is 0 Å². The maximum absolute atomic E-state index is 12.2. The molecule has 1 heterocycles. The highest BCUT2D eigenvalue weighted by molar-refractivity contribution is 9.10. The number of nitrogens with zero attached hydrogens (tertiary/aromatic N) is 1. The van der Waals surface area contributed by atoms with E-state index in [2.05, 4.69) is 15.9 Å². The summed E-state index contributed by atoms with van der Waals surface area (Å²) < 4.78 is 5.66. The first kappa shape index (κ1) is 15.9. The lowest BCUT2D eigenvalue weighted by Crippen LogP contribution is -2.28. The number of aromatic hydroxyl groups is 1. The number of hydrogen-bond donors (Lipinski definition) is 1. The summed E-state index contributed by atoms with van der Waals surface area (Å²) in [5.74, 6) is 0.0173. The summed E-state index contributed by atoms with van der Waals surface area (Å²) in [6, 6.07) is 3.09. The van der Waals surface area contributed by atoms with Crippen molar-refractivity contribution in [3.63, 3.8) is 0 Å². The van der Waals surface area contributed by atoms with Gasteiger partial charge in [0.05, 0.1) is 12.0 Å². The number of methoxy groups -OCH3 is 1. The molecule has 0 saturated carbocycles. The van der Waals surface area contributed by atoms with Crippen molar-refractivity contribution in [1.82, 2.24) is 4.90 Å². The van der Waals surface area contributed by atoms with Crippen LogP contribution in [0.3, 0.4) is 0 Å². The predicted octanol–water partition coefficient (Wildman–Crippen LogP) is 3.61. The molecule has 2 amide bonds. The molecule has 0 spiro atoms. The second-order valence-corrected chi connectivity index (χ2v) is 6.23. The van der Waals surface area contributed by atoms with Crippen molar-refractivity contribution in [1.29, 1.82) is 0 Å². The number of halogens is 1. The van der Waals surface area contributed by atoms with Crippen LogP contribution < -0.4 is 4.74 Å². The van der Waals surface area contributed by atoms with E-state index in [1.807, 2.05) is 6.92 Å². The largest absolute Gasteiger partial charge is 0.504 e. The highest BCUT2D eigenvalue weighted by atomic mass is 79.9. The molecule has 1 aliphatic heterocycles. The lowest BCUT2D eigenvalue weighted by molar-refractivity contribution is -0.122. The van der Waals surface area contributed by atoms with Gasteiger partial charge in [0.2, 0.25) is 0 Å². The van der Waals surface area contributed by atoms with Crippen molar-refractivity contribution in [2.24, 2.45) is 0 Å². The molecule has 1 saturated heterocycles. The van der Waals surface area contributed by atoms with E-state index < -0.39 is 0 Å². The van der Waals surface area contributed by atoms with Crippen LogP contribution in [0.5, 0.6) is 11.5 Å². The lowest BCUT2D eigenvalue weighted by Gasteiger charge is -2.10. The van der Waals surface area contributed by atoms with Crippen LogP contribution in [0.15, 0.2) is 21.5 Å². The van der Waals surface area contributed by atoms with Gasteiger partial charge in [-0.1, -0.05) is 22.9 Å². The standard InChI is InChI=1S/C14H14BrNO4S/c1-3-4-16-13(18)12(21-14(16)19)6-8-5-11(20-2)10(17)7-9(8)15/h5-7,17H,3-4H2,1-2H3/b12-6-. The average molecular weight is 372 g/mol. The van der Waals surface area contributed by atoms with Crippen LogP contribution in [-0.2, 0) is 4.79 Å². The Morgan fingerprint density at radius 3 is 2.76 bits per heavy atom. The van der Waals surface area contributed by atoms with Gasteiger partial charge in [-0.15, -0.1) is 0 Å². The van der Waals surface area contributed by atoms with Gasteiger partial charge in [0.15, 0.2) is 11.5 Å². The van der Waals surface area contributed by atoms with Crippen LogP contribution in [0.4, 0.5) is 4.79 Å². The number of carbonyl (C=O) groups is 2. The fourth-order valence-corrected chi connectivity index (χ4v) is 3.19. The average Bonchev–Trinajstić information content (AvgIpc) is 2.70. The van der Waals surface area contributed by atoms with E-state index in [0.717, 1.165) is 18.2 Å². The Bertz CT molecular complexity index is 630. The summed E-state index contributed by atoms with van der Waals surface area (Å²) in [7, 11) is 1.45. The Labute approximate surface area is 135 Å². The molecule has 0 aliphatic carbocycles. The summed E-state index contributed by atoms with van der Waals surface area (Å²) in [5, 5.41) is 9.42. The van der Waals surface area contributed by atoms with Crippen LogP contribution in [0.1, 0.15) is 18.9 Å². The van der Waals surface area contributed by atoms with Crippen molar-refractivity contribution in [3.8, 4) is 11.5 Å². The fraction of sp³-hybridized carbons (Fsp3) is 0.286. The van der Waals surface area contributed by atoms with Gasteiger partial charge in [-0.05, 0) is 42.0 Å². The highest BCUT2D eigenvalue weighted by Gasteiger charge is 2.34. The van der Waals surface area contributed by atoms with Gasteiger partial charge in [0, 0.05) is 11.0 Å². The summed E-state index contributed by atoms with van der Waals surface area (Å²) in [5.41, 5.74) is 0.659. The molecule has 0 unspecified atom stereocenters. The van der Waals surface area contributed by atoms with Gasteiger partial charge in [0.1, 0.15) is 0 Å². The number of carbonyl (C=O) groups excluding carboxylic acids is 2. The molecular formula is C14H14BrNO4S. The molecule has 1 aromatic rings. The van der Waals surface area contributed by atoms with Crippen LogP contribution in [-0.4, -0.2) is 34.8 Å². The van der Waals surface area contributed by atoms with Crippen molar-refractivity contribution in [3.05, 3.63) is 27.1 Å². The van der Waals surface area contributed by atoms with Crippen LogP contribution >= 0.6 is 27.7 Å². The third kappa shape index (κ3) is 3.24. The summed E-state index contributed by atoms with van der Waals surface area (Å²) in [4.78, 5) is 25.6. The molecule has 21 heavy (non-hydrogen) atoms. The number of thioether (sulfide) groups is 1. The zero-order valence-corrected chi connectivity index (χ0v) is 14.0. The Morgan fingerprint density at radius 1 is 1.43 bits per heavy atom. The Balaban J connectivity index is 2.37. The topological polar surface area (TPSA) is 66.8 Å². The van der Waals surface area contributed by atoms with Crippen LogP contribution in [0.25, 0.3) is 6.08 Å². The molecule has 1 fully saturated rings. The first-order chi connectivity index (χ1) is 9.97. The monoisotopic (exact) mass is 371 g/mol. The molecule has 0 radical (unpaired) electrons. The number of imide groups is 1. The van der Waals surface area contributed by atoms with E-state index in [-0.39, 0.29) is 16.9 Å². The quantitative estimate of drug-likeness (QED) is 0.818. The van der Waals surface area contributed by atoms with E-state index in [9.17, 15) is 14.7 Å². The first-order valence-corrected chi connectivity index (χ1v) is 7.90. The van der Waals surface area contributed by atoms with E-state index >= 15 is 0 Å². The molecule has 7 heteroatoms. The molecule has 0 aromatic heterocycles. The van der Waals surface area contributed by atoms with Gasteiger partial charge in [-0.3, -0.25) is 14.5 Å². The zero-order chi connectivity index (χ0) is 15.6. The molecular weight excluding hydrogens is 358 g/mol. The van der Waals surface area contributed by atoms with Gasteiger partial charge in [-0.25, -0.2) is 0 Å². The minimum absolute atomic E-state index is 0.000567. The maximum atomic E-state index is 12.2. The minimum atomic E-state index is -0.286. The molecule has 1 aromatic carbocycles. The SMILES string of the molecule is CCCN1C(=O)S/C(=C\c2cc(OC)c(O)cc2Br)C1=O. The molecule has 1 aliphatic rings. The van der Waals surface area contributed by atoms with E-state index in [0.29, 0.717) is 27.2 Å². The summed E-state index contributed by atoms with van der Waals surface area (Å²) in [6.45, 7) is 2.33. The van der Waals surface area contributed by atoms with Gasteiger partial charge >= 0.3 is 0 Å². The number of phenols is 1. The number of benzene rings is 1. The highest BCUT2D eigenvalue weighted by Crippen LogP contribution is 2.37. The first-order valence-electron chi connectivity index (χ1n) is 6.29. The molecule has 2 rings (SSSR count). The van der Waals surface area contributed by atoms with Gasteiger partial charge in [0.25, 0.3) is 11.1 Å². The number of amides is 2. The summed E-state index contributed by atoms with van der Waals surface area (Å²) in [6.07, 6.45) is 2.34. The Kier molecular flexibility index (Phi) is 4.95. The van der Waals surface area contributed by atoms with Crippen molar-refractivity contribution in [2.75, 3.05) is 13.7 Å². The molecule has 112 valence electrons. The van der Waals surface area contributed by atoms with Crippen LogP contribution in [0, 0.1) is 0 Å². The number of rotatable bonds is 4. The van der Waals surface area contributed by atoms with E-state index in [1.165, 1.54) is 18.1 Å². The van der Waals surface area contributed by atoms with E-state index in [1.54, 1.807) is 12.1 Å². The fourth-order valence-electron chi connectivity index (χ4n) is 1.89. The second kappa shape index (κ2) is 6.53. The molecule has 5 nitrogen and oxygen atoms in total.